The lowest BCUT2D eigenvalue weighted by Gasteiger charge is -2.09. The third-order valence-electron chi connectivity index (χ3n) is 5.26. The average molecular weight is 654 g/mol. The SMILES string of the molecule is CCOC(=O)c1c(CNc2ccc(OC)cc2)[nH]c(C(=O)NCc2ncc[nH]2)c1CC.O=C(O)C(F)(F)F.O=C(O)C(F)(F)F. The van der Waals surface area contributed by atoms with Crippen LogP contribution in [0.3, 0.4) is 0 Å². The molecule has 0 saturated heterocycles. The lowest BCUT2D eigenvalue weighted by molar-refractivity contribution is -0.193. The number of carbonyl (C=O) groups is 4. The Morgan fingerprint density at radius 2 is 1.49 bits per heavy atom. The number of carboxylic acids is 2. The molecule has 6 N–H and O–H groups in total. The highest BCUT2D eigenvalue weighted by molar-refractivity contribution is 6.00. The number of anilines is 1. The number of alkyl halides is 6. The molecule has 0 bridgehead atoms. The summed E-state index contributed by atoms with van der Waals surface area (Å²) in [4.78, 5) is 53.5. The summed E-state index contributed by atoms with van der Waals surface area (Å²) < 4.78 is 73.9. The van der Waals surface area contributed by atoms with Gasteiger partial charge in [0.2, 0.25) is 0 Å². The molecular weight excluding hydrogens is 624 g/mol. The lowest BCUT2D eigenvalue weighted by atomic mass is 10.1. The second-order valence-electron chi connectivity index (χ2n) is 8.31. The van der Waals surface area contributed by atoms with E-state index in [4.69, 9.17) is 29.3 Å². The lowest BCUT2D eigenvalue weighted by Crippen LogP contribution is -2.25. The molecule has 2 aromatic heterocycles. The van der Waals surface area contributed by atoms with Gasteiger partial charge >= 0.3 is 30.3 Å². The Balaban J connectivity index is 0.000000601. The number of methoxy groups -OCH3 is 1. The number of aliphatic carboxylic acids is 2. The Morgan fingerprint density at radius 1 is 0.933 bits per heavy atom. The van der Waals surface area contributed by atoms with Gasteiger partial charge in [0.15, 0.2) is 0 Å². The van der Waals surface area contributed by atoms with Crippen molar-refractivity contribution in [3.63, 3.8) is 0 Å². The molecule has 3 aromatic rings. The summed E-state index contributed by atoms with van der Waals surface area (Å²) in [6, 6.07) is 7.44. The number of nitrogens with one attached hydrogen (secondary N) is 4. The van der Waals surface area contributed by atoms with Gasteiger partial charge in [0, 0.05) is 23.8 Å². The molecule has 0 saturated carbocycles. The Morgan fingerprint density at radius 3 is 1.91 bits per heavy atom. The molecule has 1 aromatic carbocycles. The fourth-order valence-electron chi connectivity index (χ4n) is 3.27. The second-order valence-corrected chi connectivity index (χ2v) is 8.31. The van der Waals surface area contributed by atoms with Crippen molar-refractivity contribution in [3.8, 4) is 5.75 Å². The van der Waals surface area contributed by atoms with Crippen molar-refractivity contribution >= 4 is 29.5 Å². The van der Waals surface area contributed by atoms with Crippen molar-refractivity contribution in [1.29, 1.82) is 0 Å². The summed E-state index contributed by atoms with van der Waals surface area (Å²) in [5.41, 5.74) is 2.82. The zero-order valence-electron chi connectivity index (χ0n) is 23.9. The number of rotatable bonds is 10. The molecule has 0 unspecified atom stereocenters. The number of aromatic amines is 2. The summed E-state index contributed by atoms with van der Waals surface area (Å²) in [6.45, 7) is 4.47. The molecule has 0 aliphatic rings. The number of hydrogen-bond donors (Lipinski definition) is 6. The monoisotopic (exact) mass is 653 g/mol. The van der Waals surface area contributed by atoms with E-state index in [-0.39, 0.29) is 19.1 Å². The van der Waals surface area contributed by atoms with Crippen LogP contribution in [0.2, 0.25) is 0 Å². The van der Waals surface area contributed by atoms with Crippen LogP contribution in [0.5, 0.6) is 5.75 Å². The van der Waals surface area contributed by atoms with Gasteiger partial charge in [-0.05, 0) is 43.2 Å². The van der Waals surface area contributed by atoms with Gasteiger partial charge in [0.1, 0.15) is 17.3 Å². The van der Waals surface area contributed by atoms with Crippen LogP contribution in [0, 0.1) is 0 Å². The molecule has 0 radical (unpaired) electrons. The summed E-state index contributed by atoms with van der Waals surface area (Å²) in [7, 11) is 1.61. The number of carboxylic acid groups (broad SMARTS) is 2. The standard InChI is InChI=1S/C22H27N5O4.2C2HF3O2/c1-4-16-19(22(29)31-5-2)17(12-25-14-6-8-15(30-3)9-7-14)27-20(16)21(28)26-13-18-23-10-11-24-18;2*3-2(4,5)1(6)7/h6-11,25,27H,4-5,12-13H2,1-3H3,(H,23,24)(H,26,28);2*(H,6,7). The molecule has 1 amide bonds. The van der Waals surface area contributed by atoms with E-state index in [2.05, 4.69) is 25.6 Å². The molecular formula is C26H29F6N5O8. The molecule has 13 nitrogen and oxygen atoms in total. The van der Waals surface area contributed by atoms with E-state index in [0.29, 0.717) is 41.3 Å². The van der Waals surface area contributed by atoms with Crippen LogP contribution in [-0.2, 0) is 33.8 Å². The van der Waals surface area contributed by atoms with Crippen LogP contribution < -0.4 is 15.4 Å². The van der Waals surface area contributed by atoms with Gasteiger partial charge in [-0.1, -0.05) is 6.92 Å². The normalized spacial score (nSPS) is 10.8. The number of aromatic nitrogens is 3. The van der Waals surface area contributed by atoms with Crippen LogP contribution in [-0.4, -0.2) is 75.0 Å². The minimum absolute atomic E-state index is 0.249. The maximum Gasteiger partial charge on any atom is 0.490 e. The fourth-order valence-corrected chi connectivity index (χ4v) is 3.27. The number of H-pyrrole nitrogens is 2. The topological polar surface area (TPSA) is 196 Å². The predicted molar refractivity (Wildman–Crippen MR) is 144 cm³/mol. The molecule has 248 valence electrons. The highest BCUT2D eigenvalue weighted by Crippen LogP contribution is 2.24. The predicted octanol–water partition coefficient (Wildman–Crippen LogP) is 4.29. The summed E-state index contributed by atoms with van der Waals surface area (Å²) in [5.74, 6) is -4.88. The number of imidazole rings is 1. The number of ether oxygens (including phenoxy) is 2. The quantitative estimate of drug-likeness (QED) is 0.136. The van der Waals surface area contributed by atoms with E-state index in [1.165, 1.54) is 0 Å². The maximum atomic E-state index is 12.8. The van der Waals surface area contributed by atoms with E-state index in [0.717, 1.165) is 11.4 Å². The van der Waals surface area contributed by atoms with Crippen molar-refractivity contribution in [2.75, 3.05) is 19.0 Å². The smallest absolute Gasteiger partial charge is 0.490 e. The van der Waals surface area contributed by atoms with Gasteiger partial charge < -0.3 is 40.3 Å². The first-order valence-electron chi connectivity index (χ1n) is 12.6. The number of esters is 1. The van der Waals surface area contributed by atoms with Gasteiger partial charge in [-0.2, -0.15) is 26.3 Å². The highest BCUT2D eigenvalue weighted by Gasteiger charge is 2.38. The van der Waals surface area contributed by atoms with Crippen molar-refractivity contribution in [3.05, 3.63) is 65.0 Å². The van der Waals surface area contributed by atoms with Crippen LogP contribution in [0.15, 0.2) is 36.7 Å². The van der Waals surface area contributed by atoms with Crippen molar-refractivity contribution in [2.24, 2.45) is 0 Å². The van der Waals surface area contributed by atoms with E-state index in [9.17, 15) is 35.9 Å². The van der Waals surface area contributed by atoms with Crippen LogP contribution >= 0.6 is 0 Å². The van der Waals surface area contributed by atoms with Gasteiger partial charge in [-0.15, -0.1) is 0 Å². The average Bonchev–Trinajstić information content (AvgIpc) is 3.63. The minimum atomic E-state index is -5.08. The maximum absolute atomic E-state index is 12.8. The second kappa shape index (κ2) is 17.2. The molecule has 3 rings (SSSR count). The van der Waals surface area contributed by atoms with Crippen LogP contribution in [0.4, 0.5) is 32.0 Å². The first-order chi connectivity index (χ1) is 21.0. The first kappa shape index (κ1) is 37.8. The molecule has 45 heavy (non-hydrogen) atoms. The largest absolute Gasteiger partial charge is 0.497 e. The summed E-state index contributed by atoms with van der Waals surface area (Å²) >= 11 is 0. The molecule has 0 fully saturated rings. The van der Waals surface area contributed by atoms with Crippen molar-refractivity contribution < 1.29 is 65.2 Å². The molecule has 19 heteroatoms. The van der Waals surface area contributed by atoms with Crippen molar-refractivity contribution in [2.45, 2.75) is 45.7 Å². The van der Waals surface area contributed by atoms with E-state index < -0.39 is 30.3 Å². The number of benzene rings is 1. The Kier molecular flexibility index (Phi) is 14.4. The Labute approximate surface area is 250 Å². The number of carbonyl (C=O) groups excluding carboxylic acids is 2. The van der Waals surface area contributed by atoms with Crippen LogP contribution in [0.25, 0.3) is 0 Å². The zero-order valence-corrected chi connectivity index (χ0v) is 23.9. The highest BCUT2D eigenvalue weighted by atomic mass is 19.4. The summed E-state index contributed by atoms with van der Waals surface area (Å²) in [5, 5.41) is 20.3. The number of nitrogens with zero attached hydrogens (tertiary/aromatic N) is 1. The van der Waals surface area contributed by atoms with Gasteiger partial charge in [-0.25, -0.2) is 19.4 Å². The third-order valence-corrected chi connectivity index (χ3v) is 5.26. The zero-order chi connectivity index (χ0) is 34.4. The van der Waals surface area contributed by atoms with Gasteiger partial charge in [0.05, 0.1) is 32.4 Å². The molecule has 2 heterocycles. The Bertz CT molecular complexity index is 1380. The summed E-state index contributed by atoms with van der Waals surface area (Å²) in [6.07, 6.45) is -6.36. The first-order valence-corrected chi connectivity index (χ1v) is 12.6. The molecule has 0 aliphatic heterocycles. The molecule has 0 aliphatic carbocycles. The Hall–Kier alpha value is -5.23. The fraction of sp³-hybridized carbons (Fsp3) is 0.346. The minimum Gasteiger partial charge on any atom is -0.497 e. The van der Waals surface area contributed by atoms with Crippen LogP contribution in [0.1, 0.15) is 51.8 Å². The van der Waals surface area contributed by atoms with E-state index in [1.807, 2.05) is 31.2 Å². The number of hydrogen-bond acceptors (Lipinski definition) is 8. The van der Waals surface area contributed by atoms with E-state index >= 15 is 0 Å². The van der Waals surface area contributed by atoms with Gasteiger partial charge in [-0.3, -0.25) is 4.79 Å². The van der Waals surface area contributed by atoms with Gasteiger partial charge in [0.25, 0.3) is 5.91 Å². The molecule has 0 atom stereocenters. The van der Waals surface area contributed by atoms with E-state index in [1.54, 1.807) is 26.4 Å². The van der Waals surface area contributed by atoms with Crippen molar-refractivity contribution in [1.82, 2.24) is 20.3 Å². The number of halogens is 6. The third kappa shape index (κ3) is 12.5. The number of amides is 1. The molecule has 0 spiro atoms.